The quantitative estimate of drug-likeness (QED) is 0.851. The minimum absolute atomic E-state index is 0.774. The molecule has 0 aliphatic carbocycles. The lowest BCUT2D eigenvalue weighted by Gasteiger charge is -2.23. The molecule has 1 fully saturated rings. The van der Waals surface area contributed by atoms with Crippen LogP contribution in [0.1, 0.15) is 18.4 Å². The second-order valence-electron chi connectivity index (χ2n) is 4.94. The molecule has 2 heterocycles. The smallest absolute Gasteiger partial charge is 0.0346 e. The standard InChI is InChI=1S/C15H18N2/c1-2-6-15-13(5-1)10-17-11-14(15)8-12-4-3-7-16-9-12/h1-2,5-6,10-12,16H,3-4,7-9H2. The molecule has 17 heavy (non-hydrogen) atoms. The Morgan fingerprint density at radius 2 is 2.18 bits per heavy atom. The van der Waals surface area contributed by atoms with E-state index in [0.717, 1.165) is 18.9 Å². The zero-order chi connectivity index (χ0) is 11.5. The summed E-state index contributed by atoms with van der Waals surface area (Å²) in [5.41, 5.74) is 1.40. The third kappa shape index (κ3) is 2.32. The molecule has 0 bridgehead atoms. The fourth-order valence-electron chi connectivity index (χ4n) is 2.75. The highest BCUT2D eigenvalue weighted by molar-refractivity contribution is 5.84. The van der Waals surface area contributed by atoms with E-state index in [0.29, 0.717) is 0 Å². The Morgan fingerprint density at radius 1 is 1.24 bits per heavy atom. The van der Waals surface area contributed by atoms with E-state index in [1.54, 1.807) is 0 Å². The van der Waals surface area contributed by atoms with E-state index < -0.39 is 0 Å². The molecule has 1 aliphatic heterocycles. The lowest BCUT2D eigenvalue weighted by atomic mass is 9.91. The molecule has 3 rings (SSSR count). The monoisotopic (exact) mass is 226 g/mol. The van der Waals surface area contributed by atoms with Gasteiger partial charge in [0.2, 0.25) is 0 Å². The molecule has 1 unspecified atom stereocenters. The molecule has 2 nitrogen and oxygen atoms in total. The van der Waals surface area contributed by atoms with Crippen molar-refractivity contribution < 1.29 is 0 Å². The summed E-state index contributed by atoms with van der Waals surface area (Å²) < 4.78 is 0. The summed E-state index contributed by atoms with van der Waals surface area (Å²) in [5, 5.41) is 6.11. The second kappa shape index (κ2) is 4.84. The maximum Gasteiger partial charge on any atom is 0.0346 e. The first-order chi connectivity index (χ1) is 8.43. The van der Waals surface area contributed by atoms with Gasteiger partial charge in [0.15, 0.2) is 0 Å². The molecule has 2 heteroatoms. The van der Waals surface area contributed by atoms with Crippen molar-refractivity contribution in [1.29, 1.82) is 0 Å². The van der Waals surface area contributed by atoms with Crippen molar-refractivity contribution in [3.05, 3.63) is 42.2 Å². The largest absolute Gasteiger partial charge is 0.316 e. The van der Waals surface area contributed by atoms with E-state index in [2.05, 4.69) is 34.6 Å². The molecule has 1 N–H and O–H groups in total. The van der Waals surface area contributed by atoms with Gasteiger partial charge in [0.05, 0.1) is 0 Å². The number of hydrogen-bond donors (Lipinski definition) is 1. The summed E-state index contributed by atoms with van der Waals surface area (Å²) in [6.45, 7) is 2.34. The minimum Gasteiger partial charge on any atom is -0.316 e. The van der Waals surface area contributed by atoms with Gasteiger partial charge in [-0.3, -0.25) is 4.98 Å². The summed E-state index contributed by atoms with van der Waals surface area (Å²) in [7, 11) is 0. The van der Waals surface area contributed by atoms with Gasteiger partial charge in [-0.15, -0.1) is 0 Å². The van der Waals surface area contributed by atoms with Crippen LogP contribution in [-0.2, 0) is 6.42 Å². The Hall–Kier alpha value is -1.41. The summed E-state index contributed by atoms with van der Waals surface area (Å²) in [4.78, 5) is 4.36. The Bertz CT molecular complexity index is 496. The van der Waals surface area contributed by atoms with Gasteiger partial charge in [0, 0.05) is 17.8 Å². The van der Waals surface area contributed by atoms with Gasteiger partial charge in [-0.1, -0.05) is 24.3 Å². The second-order valence-corrected chi connectivity index (χ2v) is 4.94. The van der Waals surface area contributed by atoms with Crippen LogP contribution in [0, 0.1) is 5.92 Å². The fourth-order valence-corrected chi connectivity index (χ4v) is 2.75. The average molecular weight is 226 g/mol. The summed E-state index contributed by atoms with van der Waals surface area (Å²) >= 11 is 0. The van der Waals surface area contributed by atoms with Gasteiger partial charge in [0.1, 0.15) is 0 Å². The van der Waals surface area contributed by atoms with Crippen LogP contribution in [0.25, 0.3) is 10.8 Å². The molecule has 88 valence electrons. The molecule has 0 spiro atoms. The predicted molar refractivity (Wildman–Crippen MR) is 71.0 cm³/mol. The SMILES string of the molecule is c1ccc2c(CC3CCCNC3)cncc2c1. The molecule has 2 aromatic rings. The van der Waals surface area contributed by atoms with E-state index in [1.165, 1.54) is 35.7 Å². The first-order valence-electron chi connectivity index (χ1n) is 6.46. The van der Waals surface area contributed by atoms with Gasteiger partial charge in [-0.25, -0.2) is 0 Å². The highest BCUT2D eigenvalue weighted by atomic mass is 14.9. The predicted octanol–water partition coefficient (Wildman–Crippen LogP) is 2.78. The van der Waals surface area contributed by atoms with Gasteiger partial charge in [-0.05, 0) is 49.2 Å². The van der Waals surface area contributed by atoms with Crippen molar-refractivity contribution in [3.8, 4) is 0 Å². The van der Waals surface area contributed by atoms with Crippen molar-refractivity contribution in [2.45, 2.75) is 19.3 Å². The van der Waals surface area contributed by atoms with Gasteiger partial charge >= 0.3 is 0 Å². The van der Waals surface area contributed by atoms with Crippen LogP contribution in [0.3, 0.4) is 0 Å². The number of pyridine rings is 1. The zero-order valence-electron chi connectivity index (χ0n) is 10.0. The summed E-state index contributed by atoms with van der Waals surface area (Å²) in [6, 6.07) is 8.55. The molecule has 1 saturated heterocycles. The van der Waals surface area contributed by atoms with Crippen molar-refractivity contribution in [1.82, 2.24) is 10.3 Å². The maximum atomic E-state index is 4.36. The number of piperidine rings is 1. The van der Waals surface area contributed by atoms with E-state index in [-0.39, 0.29) is 0 Å². The van der Waals surface area contributed by atoms with Crippen molar-refractivity contribution in [2.24, 2.45) is 5.92 Å². The Morgan fingerprint density at radius 3 is 3.06 bits per heavy atom. The molecule has 1 aliphatic rings. The van der Waals surface area contributed by atoms with Crippen molar-refractivity contribution in [2.75, 3.05) is 13.1 Å². The Labute approximate surface area is 102 Å². The lowest BCUT2D eigenvalue weighted by molar-refractivity contribution is 0.376. The van der Waals surface area contributed by atoms with Crippen LogP contribution in [-0.4, -0.2) is 18.1 Å². The number of fused-ring (bicyclic) bond motifs is 1. The van der Waals surface area contributed by atoms with Crippen LogP contribution in [0.15, 0.2) is 36.7 Å². The summed E-state index contributed by atoms with van der Waals surface area (Å²) in [5.74, 6) is 0.774. The van der Waals surface area contributed by atoms with E-state index in [9.17, 15) is 0 Å². The molecule has 1 aromatic carbocycles. The number of nitrogens with one attached hydrogen (secondary N) is 1. The maximum absolute atomic E-state index is 4.36. The van der Waals surface area contributed by atoms with Crippen molar-refractivity contribution >= 4 is 10.8 Å². The average Bonchev–Trinajstić information content (AvgIpc) is 2.40. The molecule has 1 aromatic heterocycles. The molecule has 1 atom stereocenters. The number of rotatable bonds is 2. The topological polar surface area (TPSA) is 24.9 Å². The lowest BCUT2D eigenvalue weighted by Crippen LogP contribution is -2.30. The highest BCUT2D eigenvalue weighted by Gasteiger charge is 2.14. The summed E-state index contributed by atoms with van der Waals surface area (Å²) in [6.07, 6.45) is 7.80. The van der Waals surface area contributed by atoms with Gasteiger partial charge in [-0.2, -0.15) is 0 Å². The van der Waals surface area contributed by atoms with E-state index in [1.807, 2.05) is 12.4 Å². The number of benzene rings is 1. The van der Waals surface area contributed by atoms with Crippen molar-refractivity contribution in [3.63, 3.8) is 0 Å². The van der Waals surface area contributed by atoms with Crippen LogP contribution in [0.2, 0.25) is 0 Å². The molecular formula is C15H18N2. The molecule has 0 saturated carbocycles. The highest BCUT2D eigenvalue weighted by Crippen LogP contribution is 2.22. The number of hydrogen-bond acceptors (Lipinski definition) is 2. The first-order valence-corrected chi connectivity index (χ1v) is 6.46. The Kier molecular flexibility index (Phi) is 3.06. The van der Waals surface area contributed by atoms with Crippen LogP contribution in [0.5, 0.6) is 0 Å². The minimum atomic E-state index is 0.774. The Balaban J connectivity index is 1.89. The van der Waals surface area contributed by atoms with Gasteiger partial charge in [0.25, 0.3) is 0 Å². The molecule has 0 amide bonds. The van der Waals surface area contributed by atoms with Crippen LogP contribution < -0.4 is 5.32 Å². The fraction of sp³-hybridized carbons (Fsp3) is 0.400. The third-order valence-electron chi connectivity index (χ3n) is 3.66. The molecule has 0 radical (unpaired) electrons. The molecular weight excluding hydrogens is 208 g/mol. The number of nitrogens with zero attached hydrogens (tertiary/aromatic N) is 1. The van der Waals surface area contributed by atoms with E-state index >= 15 is 0 Å². The first kappa shape index (κ1) is 10.7. The van der Waals surface area contributed by atoms with Crippen LogP contribution in [0.4, 0.5) is 0 Å². The number of aromatic nitrogens is 1. The van der Waals surface area contributed by atoms with Crippen LogP contribution >= 0.6 is 0 Å². The normalized spacial score (nSPS) is 20.6. The van der Waals surface area contributed by atoms with E-state index in [4.69, 9.17) is 0 Å². The van der Waals surface area contributed by atoms with Gasteiger partial charge < -0.3 is 5.32 Å². The zero-order valence-corrected chi connectivity index (χ0v) is 10.0. The third-order valence-corrected chi connectivity index (χ3v) is 3.66.